The van der Waals surface area contributed by atoms with E-state index in [2.05, 4.69) is 64.5 Å². The molecule has 2 aliphatic rings. The minimum atomic E-state index is -0.517. The molecule has 60 heavy (non-hydrogen) atoms. The Morgan fingerprint density at radius 1 is 0.517 bits per heavy atom. The summed E-state index contributed by atoms with van der Waals surface area (Å²) in [7, 11) is 0. The second kappa shape index (κ2) is 30.9. The van der Waals surface area contributed by atoms with Gasteiger partial charge < -0.3 is 9.67 Å². The van der Waals surface area contributed by atoms with E-state index in [1.807, 2.05) is 0 Å². The van der Waals surface area contributed by atoms with Gasteiger partial charge in [-0.3, -0.25) is 4.79 Å². The Hall–Kier alpha value is -2.10. The number of ketones is 1. The lowest BCUT2D eigenvalue weighted by Crippen LogP contribution is -2.42. The molecule has 0 radical (unpaired) electrons. The number of Topliss-reactive ketones (excluding diaryl/α,β-unsaturated/α-hetero) is 1. The third-order valence-electron chi connectivity index (χ3n) is 14.9. The Kier molecular flexibility index (Phi) is 26.9. The summed E-state index contributed by atoms with van der Waals surface area (Å²) < 4.78 is 4.90. The Labute approximate surface area is 372 Å². The zero-order valence-corrected chi connectivity index (χ0v) is 41.4. The summed E-state index contributed by atoms with van der Waals surface area (Å²) in [6.07, 6.45) is 45.8. The predicted molar refractivity (Wildman–Crippen MR) is 262 cm³/mol. The second-order valence-corrected chi connectivity index (χ2v) is 19.5. The van der Waals surface area contributed by atoms with Crippen LogP contribution in [0.1, 0.15) is 282 Å². The van der Waals surface area contributed by atoms with Crippen molar-refractivity contribution in [3.05, 3.63) is 45.0 Å². The molecule has 4 nitrogen and oxygen atoms in total. The molecule has 3 rings (SSSR count). The standard InChI is InChI=1S/C56H98N2O2/c1-9-13-15-17-19-21-23-25-27-29-31-33-35-37-39-41-43-57-47(7)49(11-3)45(5)53(57)51-55(59)52(56(51)60)54-46(6)50(12-4)48(8)58(54)44-42-40-38-36-34-32-30-28-26-24-22-20-18-16-14-10-2/h51,54H,9-44H2,1-8H3/p+1. The van der Waals surface area contributed by atoms with E-state index in [4.69, 9.17) is 0 Å². The number of rotatable bonds is 38. The number of aromatic nitrogens is 1. The summed E-state index contributed by atoms with van der Waals surface area (Å²) in [6.45, 7) is 19.9. The number of unbranched alkanes of at least 4 members (excludes halogenated alkanes) is 30. The van der Waals surface area contributed by atoms with Crippen LogP contribution in [0, 0.1) is 13.8 Å². The van der Waals surface area contributed by atoms with Gasteiger partial charge in [-0.05, 0) is 57.6 Å². The van der Waals surface area contributed by atoms with Gasteiger partial charge in [-0.2, -0.15) is 0 Å². The molecule has 2 heterocycles. The molecule has 2 unspecified atom stereocenters. The van der Waals surface area contributed by atoms with E-state index in [0.29, 0.717) is 11.3 Å². The van der Waals surface area contributed by atoms with Crippen molar-refractivity contribution in [3.63, 3.8) is 0 Å². The zero-order valence-electron chi connectivity index (χ0n) is 41.4. The van der Waals surface area contributed by atoms with E-state index in [0.717, 1.165) is 44.5 Å². The first-order chi connectivity index (χ1) is 29.3. The molecule has 1 aliphatic carbocycles. The summed E-state index contributed by atoms with van der Waals surface area (Å²) >= 11 is 0. The van der Waals surface area contributed by atoms with Crippen LogP contribution in [-0.2, 0) is 17.8 Å². The number of hydrogen-bond donors (Lipinski definition) is 1. The molecule has 0 fully saturated rings. The molecule has 1 aromatic rings. The lowest BCUT2D eigenvalue weighted by atomic mass is 9.74. The average molecular weight is 832 g/mol. The van der Waals surface area contributed by atoms with Crippen LogP contribution in [0.25, 0.3) is 0 Å². The zero-order chi connectivity index (χ0) is 43.5. The molecule has 2 atom stereocenters. The maximum atomic E-state index is 14.4. The van der Waals surface area contributed by atoms with E-state index in [1.54, 1.807) is 0 Å². The van der Waals surface area contributed by atoms with Crippen LogP contribution in [0.15, 0.2) is 22.5 Å². The highest BCUT2D eigenvalue weighted by Gasteiger charge is 2.53. The van der Waals surface area contributed by atoms with E-state index in [1.165, 1.54) is 226 Å². The van der Waals surface area contributed by atoms with Crippen LogP contribution in [0.4, 0.5) is 0 Å². The van der Waals surface area contributed by atoms with Gasteiger partial charge in [0.05, 0.1) is 0 Å². The minimum absolute atomic E-state index is 0.115. The molecule has 0 spiro atoms. The highest BCUT2D eigenvalue weighted by Crippen LogP contribution is 2.46. The molecule has 0 saturated heterocycles. The molecule has 1 aliphatic heterocycles. The van der Waals surface area contributed by atoms with Gasteiger partial charge in [0, 0.05) is 42.4 Å². The monoisotopic (exact) mass is 832 g/mol. The SMILES string of the molecule is CCCCCCCCCCCCCCCCCCn1c(C)c(CC)c(C)c1C1C(=O)C(C2C(C)=C(CC)C(C)=[N+]2CCCCCCCCCCCCCCCCCC)=C1O. The van der Waals surface area contributed by atoms with Crippen molar-refractivity contribution in [2.24, 2.45) is 0 Å². The van der Waals surface area contributed by atoms with Gasteiger partial charge in [-0.1, -0.05) is 214 Å². The normalized spacial score (nSPS) is 17.0. The van der Waals surface area contributed by atoms with Crippen molar-refractivity contribution >= 4 is 11.5 Å². The van der Waals surface area contributed by atoms with Gasteiger partial charge in [0.2, 0.25) is 6.04 Å². The molecule has 344 valence electrons. The fourth-order valence-corrected chi connectivity index (χ4v) is 11.1. The Morgan fingerprint density at radius 2 is 0.900 bits per heavy atom. The fourth-order valence-electron chi connectivity index (χ4n) is 11.1. The largest absolute Gasteiger partial charge is 0.510 e. The second-order valence-electron chi connectivity index (χ2n) is 19.5. The number of aliphatic hydroxyl groups is 1. The van der Waals surface area contributed by atoms with Gasteiger partial charge in [0.25, 0.3) is 0 Å². The number of carbonyl (C=O) groups is 1. The van der Waals surface area contributed by atoms with Crippen LogP contribution in [0.2, 0.25) is 0 Å². The Balaban J connectivity index is 1.45. The van der Waals surface area contributed by atoms with Crippen molar-refractivity contribution in [1.29, 1.82) is 0 Å². The number of hydrogen-bond acceptors (Lipinski definition) is 2. The third kappa shape index (κ3) is 16.2. The van der Waals surface area contributed by atoms with Gasteiger partial charge in [0.1, 0.15) is 23.8 Å². The highest BCUT2D eigenvalue weighted by molar-refractivity contribution is 6.11. The molecule has 0 aromatic carbocycles. The third-order valence-corrected chi connectivity index (χ3v) is 14.9. The van der Waals surface area contributed by atoms with Crippen molar-refractivity contribution in [2.75, 3.05) is 6.54 Å². The van der Waals surface area contributed by atoms with Gasteiger partial charge in [0.15, 0.2) is 11.5 Å². The van der Waals surface area contributed by atoms with Crippen molar-refractivity contribution in [1.82, 2.24) is 4.57 Å². The van der Waals surface area contributed by atoms with Crippen LogP contribution in [0.5, 0.6) is 0 Å². The molecule has 0 amide bonds. The van der Waals surface area contributed by atoms with Crippen LogP contribution >= 0.6 is 0 Å². The molecule has 1 aromatic heterocycles. The molecule has 0 bridgehead atoms. The first-order valence-corrected chi connectivity index (χ1v) is 26.7. The minimum Gasteiger partial charge on any atom is -0.510 e. The van der Waals surface area contributed by atoms with Crippen LogP contribution < -0.4 is 0 Å². The van der Waals surface area contributed by atoms with E-state index >= 15 is 0 Å². The molecular formula is C56H99N2O2+. The number of nitrogens with zero attached hydrogens (tertiary/aromatic N) is 2. The van der Waals surface area contributed by atoms with E-state index in [-0.39, 0.29) is 11.8 Å². The van der Waals surface area contributed by atoms with Crippen molar-refractivity contribution in [2.45, 2.75) is 292 Å². The lowest BCUT2D eigenvalue weighted by Gasteiger charge is -2.32. The van der Waals surface area contributed by atoms with E-state index < -0.39 is 5.92 Å². The van der Waals surface area contributed by atoms with Crippen molar-refractivity contribution < 1.29 is 14.5 Å². The maximum Gasteiger partial charge on any atom is 0.207 e. The molecular weight excluding hydrogens is 733 g/mol. The van der Waals surface area contributed by atoms with E-state index in [9.17, 15) is 9.90 Å². The molecule has 4 heteroatoms. The van der Waals surface area contributed by atoms with Crippen molar-refractivity contribution in [3.8, 4) is 0 Å². The summed E-state index contributed by atoms with van der Waals surface area (Å²) in [5, 5.41) is 12.0. The summed E-state index contributed by atoms with van der Waals surface area (Å²) in [5.74, 6) is -0.0327. The summed E-state index contributed by atoms with van der Waals surface area (Å²) in [5.41, 5.74) is 9.56. The first-order valence-electron chi connectivity index (χ1n) is 26.7. The average Bonchev–Trinajstić information content (AvgIpc) is 3.61. The van der Waals surface area contributed by atoms with Gasteiger partial charge >= 0.3 is 0 Å². The Morgan fingerprint density at radius 3 is 1.27 bits per heavy atom. The predicted octanol–water partition coefficient (Wildman–Crippen LogP) is 17.3. The molecule has 1 N–H and O–H groups in total. The summed E-state index contributed by atoms with van der Waals surface area (Å²) in [4.78, 5) is 14.4. The summed E-state index contributed by atoms with van der Waals surface area (Å²) in [6, 6.07) is -0.115. The first kappa shape index (κ1) is 52.2. The lowest BCUT2D eigenvalue weighted by molar-refractivity contribution is -0.544. The van der Waals surface area contributed by atoms with Gasteiger partial charge in [-0.15, -0.1) is 0 Å². The topological polar surface area (TPSA) is 45.2 Å². The number of carbonyl (C=O) groups excluding carboxylic acids is 1. The number of aliphatic hydroxyl groups excluding tert-OH is 1. The van der Waals surface area contributed by atoms with Crippen LogP contribution in [-0.4, -0.2) is 38.3 Å². The maximum absolute atomic E-state index is 14.4. The quantitative estimate of drug-likeness (QED) is 0.0533. The molecule has 0 saturated carbocycles. The van der Waals surface area contributed by atoms with Gasteiger partial charge in [-0.25, -0.2) is 4.58 Å². The smallest absolute Gasteiger partial charge is 0.207 e. The number of allylic oxidation sites excluding steroid dienone is 2. The fraction of sp³-hybridized carbons (Fsp3) is 0.821. The van der Waals surface area contributed by atoms with Crippen LogP contribution in [0.3, 0.4) is 0 Å². The Bertz CT molecular complexity index is 1460. The highest BCUT2D eigenvalue weighted by atomic mass is 16.3.